The summed E-state index contributed by atoms with van der Waals surface area (Å²) < 4.78 is 7.02. The van der Waals surface area contributed by atoms with Crippen molar-refractivity contribution in [2.24, 2.45) is 0 Å². The number of aromatic nitrogens is 1. The van der Waals surface area contributed by atoms with Gasteiger partial charge in [-0.3, -0.25) is 4.98 Å². The van der Waals surface area contributed by atoms with Crippen molar-refractivity contribution in [3.8, 4) is 11.5 Å². The number of hydrogen-bond donors (Lipinski definition) is 1. The molecule has 1 aromatic carbocycles. The van der Waals surface area contributed by atoms with Gasteiger partial charge in [0.2, 0.25) is 0 Å². The number of aryl methyl sites for hydroxylation is 1. The molecule has 1 heterocycles. The maximum atomic E-state index is 5.97. The summed E-state index contributed by atoms with van der Waals surface area (Å²) in [4.78, 5) is 4.23. The first-order valence-electron chi connectivity index (χ1n) is 6.29. The average Bonchev–Trinajstić information content (AvgIpc) is 2.41. The van der Waals surface area contributed by atoms with Crippen LogP contribution >= 0.6 is 15.9 Å². The Morgan fingerprint density at radius 3 is 2.84 bits per heavy atom. The van der Waals surface area contributed by atoms with E-state index in [0.29, 0.717) is 0 Å². The van der Waals surface area contributed by atoms with E-state index >= 15 is 0 Å². The number of rotatable bonds is 5. The fourth-order valence-electron chi connectivity index (χ4n) is 1.74. The highest BCUT2D eigenvalue weighted by molar-refractivity contribution is 9.10. The van der Waals surface area contributed by atoms with E-state index in [9.17, 15) is 0 Å². The molecule has 0 aliphatic heterocycles. The van der Waals surface area contributed by atoms with Crippen molar-refractivity contribution in [2.75, 3.05) is 6.54 Å². The van der Waals surface area contributed by atoms with E-state index in [1.54, 1.807) is 6.20 Å². The van der Waals surface area contributed by atoms with Crippen molar-refractivity contribution in [3.05, 3.63) is 52.3 Å². The monoisotopic (exact) mass is 320 g/mol. The van der Waals surface area contributed by atoms with E-state index in [1.165, 1.54) is 0 Å². The quantitative estimate of drug-likeness (QED) is 0.902. The van der Waals surface area contributed by atoms with Crippen LogP contribution in [0.1, 0.15) is 18.2 Å². The van der Waals surface area contributed by atoms with E-state index in [1.807, 2.05) is 31.2 Å². The summed E-state index contributed by atoms with van der Waals surface area (Å²) in [5, 5.41) is 3.32. The van der Waals surface area contributed by atoms with Gasteiger partial charge >= 0.3 is 0 Å². The molecule has 0 unspecified atom stereocenters. The zero-order valence-electron chi connectivity index (χ0n) is 11.1. The Balaban J connectivity index is 2.26. The van der Waals surface area contributed by atoms with Crippen molar-refractivity contribution in [1.29, 1.82) is 0 Å². The standard InChI is InChI=1S/C15H17BrN2O/c1-3-17-10-12-9-13(16)6-7-15(12)19-14-5-4-8-18-11(14)2/h4-9,17H,3,10H2,1-2H3. The van der Waals surface area contributed by atoms with Gasteiger partial charge in [-0.25, -0.2) is 0 Å². The summed E-state index contributed by atoms with van der Waals surface area (Å²) in [5.74, 6) is 1.66. The molecule has 1 aromatic heterocycles. The molecule has 3 nitrogen and oxygen atoms in total. The fraction of sp³-hybridized carbons (Fsp3) is 0.267. The highest BCUT2D eigenvalue weighted by Gasteiger charge is 2.07. The number of nitrogens with zero attached hydrogens (tertiary/aromatic N) is 1. The van der Waals surface area contributed by atoms with Gasteiger partial charge in [0.1, 0.15) is 11.5 Å². The first-order chi connectivity index (χ1) is 9.20. The molecule has 19 heavy (non-hydrogen) atoms. The van der Waals surface area contributed by atoms with Crippen LogP contribution in [0.15, 0.2) is 41.0 Å². The molecule has 0 aliphatic carbocycles. The van der Waals surface area contributed by atoms with Gasteiger partial charge in [-0.2, -0.15) is 0 Å². The van der Waals surface area contributed by atoms with Crippen LogP contribution in [0.25, 0.3) is 0 Å². The van der Waals surface area contributed by atoms with E-state index in [0.717, 1.165) is 40.3 Å². The van der Waals surface area contributed by atoms with Gasteiger partial charge in [0.05, 0.1) is 5.69 Å². The number of benzene rings is 1. The van der Waals surface area contributed by atoms with Crippen LogP contribution in [-0.4, -0.2) is 11.5 Å². The van der Waals surface area contributed by atoms with Crippen molar-refractivity contribution < 1.29 is 4.74 Å². The molecule has 0 spiro atoms. The van der Waals surface area contributed by atoms with Gasteiger partial charge in [0.15, 0.2) is 0 Å². The predicted molar refractivity (Wildman–Crippen MR) is 80.6 cm³/mol. The van der Waals surface area contributed by atoms with Gasteiger partial charge in [-0.05, 0) is 43.8 Å². The second kappa shape index (κ2) is 6.68. The lowest BCUT2D eigenvalue weighted by atomic mass is 10.2. The van der Waals surface area contributed by atoms with E-state index in [-0.39, 0.29) is 0 Å². The van der Waals surface area contributed by atoms with Crippen LogP contribution in [0.3, 0.4) is 0 Å². The molecule has 0 atom stereocenters. The highest BCUT2D eigenvalue weighted by Crippen LogP contribution is 2.29. The molecule has 0 radical (unpaired) electrons. The molecule has 100 valence electrons. The minimum absolute atomic E-state index is 0.782. The predicted octanol–water partition coefficient (Wildman–Crippen LogP) is 4.05. The molecule has 0 bridgehead atoms. The smallest absolute Gasteiger partial charge is 0.148 e. The third-order valence-corrected chi connectivity index (χ3v) is 3.26. The number of halogens is 1. The molecule has 4 heteroatoms. The van der Waals surface area contributed by atoms with Gasteiger partial charge < -0.3 is 10.1 Å². The molecule has 1 N–H and O–H groups in total. The molecular weight excluding hydrogens is 304 g/mol. The Bertz CT molecular complexity index is 558. The zero-order valence-corrected chi connectivity index (χ0v) is 12.7. The van der Waals surface area contributed by atoms with Crippen LogP contribution < -0.4 is 10.1 Å². The normalized spacial score (nSPS) is 10.5. The number of hydrogen-bond acceptors (Lipinski definition) is 3. The van der Waals surface area contributed by atoms with Gasteiger partial charge in [0.25, 0.3) is 0 Å². The topological polar surface area (TPSA) is 34.1 Å². The summed E-state index contributed by atoms with van der Waals surface area (Å²) in [6.45, 7) is 5.74. The van der Waals surface area contributed by atoms with Crippen LogP contribution in [0.4, 0.5) is 0 Å². The molecule has 2 aromatic rings. The minimum atomic E-state index is 0.782. The Hall–Kier alpha value is -1.39. The van der Waals surface area contributed by atoms with Crippen molar-refractivity contribution in [3.63, 3.8) is 0 Å². The number of ether oxygens (including phenoxy) is 1. The average molecular weight is 321 g/mol. The first-order valence-corrected chi connectivity index (χ1v) is 7.08. The molecule has 0 fully saturated rings. The van der Waals surface area contributed by atoms with Crippen molar-refractivity contribution in [2.45, 2.75) is 20.4 Å². The van der Waals surface area contributed by atoms with Crippen molar-refractivity contribution in [1.82, 2.24) is 10.3 Å². The van der Waals surface area contributed by atoms with E-state index in [4.69, 9.17) is 4.74 Å². The minimum Gasteiger partial charge on any atom is -0.455 e. The first kappa shape index (κ1) is 14.0. The SMILES string of the molecule is CCNCc1cc(Br)ccc1Oc1cccnc1C. The molecule has 0 amide bonds. The summed E-state index contributed by atoms with van der Waals surface area (Å²) >= 11 is 3.49. The third-order valence-electron chi connectivity index (χ3n) is 2.77. The maximum Gasteiger partial charge on any atom is 0.148 e. The molecular formula is C15H17BrN2O. The number of nitrogens with one attached hydrogen (secondary N) is 1. The van der Waals surface area contributed by atoms with E-state index < -0.39 is 0 Å². The van der Waals surface area contributed by atoms with Gasteiger partial charge in [-0.15, -0.1) is 0 Å². The van der Waals surface area contributed by atoms with Crippen LogP contribution in [0.5, 0.6) is 11.5 Å². The lowest BCUT2D eigenvalue weighted by molar-refractivity contribution is 0.466. The van der Waals surface area contributed by atoms with Crippen LogP contribution in [-0.2, 0) is 6.54 Å². The summed E-state index contributed by atoms with van der Waals surface area (Å²) in [7, 11) is 0. The Morgan fingerprint density at radius 1 is 1.26 bits per heavy atom. The largest absolute Gasteiger partial charge is 0.455 e. The summed E-state index contributed by atoms with van der Waals surface area (Å²) in [6, 6.07) is 9.84. The Morgan fingerprint density at radius 2 is 2.11 bits per heavy atom. The molecule has 0 saturated heterocycles. The highest BCUT2D eigenvalue weighted by atomic mass is 79.9. The molecule has 0 saturated carbocycles. The number of pyridine rings is 1. The second-order valence-electron chi connectivity index (χ2n) is 4.22. The summed E-state index contributed by atoms with van der Waals surface area (Å²) in [5.41, 5.74) is 2.01. The zero-order chi connectivity index (χ0) is 13.7. The van der Waals surface area contributed by atoms with Crippen molar-refractivity contribution >= 4 is 15.9 Å². The second-order valence-corrected chi connectivity index (χ2v) is 5.14. The fourth-order valence-corrected chi connectivity index (χ4v) is 2.15. The van der Waals surface area contributed by atoms with Gasteiger partial charge in [-0.1, -0.05) is 22.9 Å². The lowest BCUT2D eigenvalue weighted by Crippen LogP contribution is -2.12. The maximum absolute atomic E-state index is 5.97. The Labute approximate surface area is 122 Å². The Kier molecular flexibility index (Phi) is 4.93. The summed E-state index contributed by atoms with van der Waals surface area (Å²) in [6.07, 6.45) is 1.77. The molecule has 2 rings (SSSR count). The lowest BCUT2D eigenvalue weighted by Gasteiger charge is -2.13. The van der Waals surface area contributed by atoms with Crippen LogP contribution in [0.2, 0.25) is 0 Å². The van der Waals surface area contributed by atoms with Gasteiger partial charge in [0, 0.05) is 22.8 Å². The third kappa shape index (κ3) is 3.78. The molecule has 0 aliphatic rings. The van der Waals surface area contributed by atoms with Crippen LogP contribution in [0, 0.1) is 6.92 Å². The van der Waals surface area contributed by atoms with E-state index in [2.05, 4.69) is 39.2 Å².